The number of nitrogens with zero attached hydrogens (tertiary/aromatic N) is 3. The van der Waals surface area contributed by atoms with Crippen LogP contribution in [0.25, 0.3) is 15.9 Å². The third-order valence-corrected chi connectivity index (χ3v) is 7.23. The summed E-state index contributed by atoms with van der Waals surface area (Å²) in [5.74, 6) is 0.601. The SMILES string of the molecule is CCC1(C)Cc2c(sc3nc(SCCC#N)n(-c4ccccc4)c(=O)c23)CO1. The first kappa shape index (κ1) is 19.2. The van der Waals surface area contributed by atoms with Gasteiger partial charge in [0.1, 0.15) is 4.83 Å². The zero-order valence-corrected chi connectivity index (χ0v) is 17.5. The van der Waals surface area contributed by atoms with E-state index < -0.39 is 0 Å². The number of hydrogen-bond donors (Lipinski definition) is 0. The largest absolute Gasteiger partial charge is 0.369 e. The van der Waals surface area contributed by atoms with Crippen molar-refractivity contribution >= 4 is 33.3 Å². The van der Waals surface area contributed by atoms with Crippen LogP contribution in [0.4, 0.5) is 0 Å². The monoisotopic (exact) mass is 411 g/mol. The van der Waals surface area contributed by atoms with Crippen LogP contribution in [-0.4, -0.2) is 20.9 Å². The van der Waals surface area contributed by atoms with Crippen molar-refractivity contribution in [2.45, 2.75) is 50.5 Å². The van der Waals surface area contributed by atoms with Crippen molar-refractivity contribution in [3.8, 4) is 11.8 Å². The molecule has 7 heteroatoms. The molecule has 0 N–H and O–H groups in total. The van der Waals surface area contributed by atoms with Gasteiger partial charge in [0.25, 0.3) is 5.56 Å². The van der Waals surface area contributed by atoms with Gasteiger partial charge in [-0.15, -0.1) is 11.3 Å². The van der Waals surface area contributed by atoms with Crippen molar-refractivity contribution < 1.29 is 4.74 Å². The molecule has 1 unspecified atom stereocenters. The topological polar surface area (TPSA) is 67.9 Å². The molecule has 28 heavy (non-hydrogen) atoms. The maximum absolute atomic E-state index is 13.6. The predicted molar refractivity (Wildman–Crippen MR) is 113 cm³/mol. The van der Waals surface area contributed by atoms with E-state index in [0.717, 1.165) is 39.2 Å². The number of nitriles is 1. The fraction of sp³-hybridized carbons (Fsp3) is 0.381. The number of thioether (sulfide) groups is 1. The summed E-state index contributed by atoms with van der Waals surface area (Å²) < 4.78 is 7.76. The molecule has 3 heterocycles. The summed E-state index contributed by atoms with van der Waals surface area (Å²) in [6.07, 6.45) is 2.04. The van der Waals surface area contributed by atoms with E-state index in [4.69, 9.17) is 15.0 Å². The Kier molecular flexibility index (Phi) is 5.28. The molecule has 0 saturated carbocycles. The highest BCUT2D eigenvalue weighted by Gasteiger charge is 2.33. The third kappa shape index (κ3) is 3.37. The highest BCUT2D eigenvalue weighted by molar-refractivity contribution is 7.99. The molecule has 0 amide bonds. The molecule has 0 spiro atoms. The Morgan fingerprint density at radius 2 is 2.18 bits per heavy atom. The fourth-order valence-electron chi connectivity index (χ4n) is 3.42. The van der Waals surface area contributed by atoms with Crippen LogP contribution in [0.3, 0.4) is 0 Å². The smallest absolute Gasteiger partial charge is 0.267 e. The van der Waals surface area contributed by atoms with Crippen LogP contribution in [0.1, 0.15) is 37.1 Å². The Morgan fingerprint density at radius 1 is 1.39 bits per heavy atom. The lowest BCUT2D eigenvalue weighted by atomic mass is 9.90. The number of para-hydroxylation sites is 1. The zero-order valence-electron chi connectivity index (χ0n) is 15.9. The fourth-order valence-corrected chi connectivity index (χ4v) is 5.42. The second kappa shape index (κ2) is 7.70. The molecular formula is C21H21N3O2S2. The molecular weight excluding hydrogens is 390 g/mol. The van der Waals surface area contributed by atoms with Crippen molar-refractivity contribution in [2.75, 3.05) is 5.75 Å². The van der Waals surface area contributed by atoms with E-state index in [1.54, 1.807) is 15.9 Å². The number of benzene rings is 1. The first-order valence-corrected chi connectivity index (χ1v) is 11.1. The van der Waals surface area contributed by atoms with E-state index in [1.165, 1.54) is 11.8 Å². The minimum Gasteiger partial charge on any atom is -0.369 e. The lowest BCUT2D eigenvalue weighted by Crippen LogP contribution is -2.34. The van der Waals surface area contributed by atoms with Crippen molar-refractivity contribution in [2.24, 2.45) is 0 Å². The van der Waals surface area contributed by atoms with Gasteiger partial charge >= 0.3 is 0 Å². The summed E-state index contributed by atoms with van der Waals surface area (Å²) in [5.41, 5.74) is 1.61. The first-order chi connectivity index (χ1) is 13.6. The van der Waals surface area contributed by atoms with Gasteiger partial charge in [-0.25, -0.2) is 4.98 Å². The van der Waals surface area contributed by atoms with Gasteiger partial charge in [-0.1, -0.05) is 36.9 Å². The second-order valence-electron chi connectivity index (χ2n) is 7.08. The molecule has 0 radical (unpaired) electrons. The Balaban J connectivity index is 1.93. The first-order valence-electron chi connectivity index (χ1n) is 9.33. The summed E-state index contributed by atoms with van der Waals surface area (Å²) in [7, 11) is 0. The van der Waals surface area contributed by atoms with Crippen LogP contribution in [0.2, 0.25) is 0 Å². The lowest BCUT2D eigenvalue weighted by molar-refractivity contribution is -0.0543. The second-order valence-corrected chi connectivity index (χ2v) is 9.23. The summed E-state index contributed by atoms with van der Waals surface area (Å²) in [6, 6.07) is 11.8. The Labute approximate surface area is 172 Å². The van der Waals surface area contributed by atoms with Crippen LogP contribution >= 0.6 is 23.1 Å². The highest BCUT2D eigenvalue weighted by Crippen LogP contribution is 2.39. The molecule has 1 atom stereocenters. The number of hydrogen-bond acceptors (Lipinski definition) is 6. The summed E-state index contributed by atoms with van der Waals surface area (Å²) >= 11 is 3.01. The minimum absolute atomic E-state index is 0.0338. The van der Waals surface area contributed by atoms with Crippen molar-refractivity contribution in [1.29, 1.82) is 5.26 Å². The number of fused-ring (bicyclic) bond motifs is 3. The molecule has 2 aromatic heterocycles. The molecule has 0 bridgehead atoms. The normalized spacial score (nSPS) is 18.8. The Bertz CT molecular complexity index is 1110. The molecule has 1 aliphatic heterocycles. The lowest BCUT2D eigenvalue weighted by Gasteiger charge is -2.32. The minimum atomic E-state index is -0.245. The van der Waals surface area contributed by atoms with Gasteiger partial charge in [0.2, 0.25) is 0 Å². The average molecular weight is 412 g/mol. The molecule has 0 saturated heterocycles. The van der Waals surface area contributed by atoms with Gasteiger partial charge < -0.3 is 4.74 Å². The Hall–Kier alpha value is -2.14. The van der Waals surface area contributed by atoms with Crippen LogP contribution in [0, 0.1) is 11.3 Å². The molecule has 144 valence electrons. The molecule has 1 aromatic carbocycles. The quantitative estimate of drug-likeness (QED) is 0.346. The van der Waals surface area contributed by atoms with Crippen molar-refractivity contribution in [3.05, 3.63) is 51.1 Å². The summed E-state index contributed by atoms with van der Waals surface area (Å²) in [6.45, 7) is 4.75. The van der Waals surface area contributed by atoms with Gasteiger partial charge in [0, 0.05) is 23.5 Å². The maximum Gasteiger partial charge on any atom is 0.267 e. The highest BCUT2D eigenvalue weighted by atomic mass is 32.2. The van der Waals surface area contributed by atoms with Gasteiger partial charge in [-0.3, -0.25) is 9.36 Å². The summed E-state index contributed by atoms with van der Waals surface area (Å²) in [4.78, 5) is 20.3. The van der Waals surface area contributed by atoms with Gasteiger partial charge in [-0.05, 0) is 31.0 Å². The standard InChI is InChI=1S/C21H21N3O2S2/c1-3-21(2)12-15-16(13-26-21)28-18-17(15)19(25)24(14-8-5-4-6-9-14)20(23-18)27-11-7-10-22/h4-6,8-9H,3,7,11-13H2,1-2H3. The predicted octanol–water partition coefficient (Wildman–Crippen LogP) is 4.69. The van der Waals surface area contributed by atoms with E-state index in [9.17, 15) is 4.79 Å². The number of thiophene rings is 1. The average Bonchev–Trinajstić information content (AvgIpc) is 3.06. The van der Waals surface area contributed by atoms with Gasteiger partial charge in [-0.2, -0.15) is 5.26 Å². The molecule has 0 fully saturated rings. The van der Waals surface area contributed by atoms with E-state index in [2.05, 4.69) is 19.9 Å². The zero-order chi connectivity index (χ0) is 19.7. The number of rotatable bonds is 5. The van der Waals surface area contributed by atoms with E-state index >= 15 is 0 Å². The van der Waals surface area contributed by atoms with E-state index in [0.29, 0.717) is 23.9 Å². The molecule has 3 aromatic rings. The molecule has 4 rings (SSSR count). The molecule has 1 aliphatic rings. The number of ether oxygens (including phenoxy) is 1. The van der Waals surface area contributed by atoms with Crippen molar-refractivity contribution in [1.82, 2.24) is 9.55 Å². The van der Waals surface area contributed by atoms with Crippen LogP contribution in [-0.2, 0) is 17.8 Å². The van der Waals surface area contributed by atoms with Crippen LogP contribution < -0.4 is 5.56 Å². The van der Waals surface area contributed by atoms with E-state index in [-0.39, 0.29) is 11.2 Å². The van der Waals surface area contributed by atoms with Crippen LogP contribution in [0.5, 0.6) is 0 Å². The van der Waals surface area contributed by atoms with Crippen molar-refractivity contribution in [3.63, 3.8) is 0 Å². The van der Waals surface area contributed by atoms with E-state index in [1.807, 2.05) is 30.3 Å². The molecule has 5 nitrogen and oxygen atoms in total. The number of aromatic nitrogens is 2. The maximum atomic E-state index is 13.6. The van der Waals surface area contributed by atoms with Gasteiger partial charge in [0.05, 0.1) is 29.4 Å². The van der Waals surface area contributed by atoms with Crippen LogP contribution in [0.15, 0.2) is 40.3 Å². The van der Waals surface area contributed by atoms with Gasteiger partial charge in [0.15, 0.2) is 5.16 Å². The third-order valence-electron chi connectivity index (χ3n) is 5.19. The Morgan fingerprint density at radius 3 is 2.89 bits per heavy atom. The molecule has 0 aliphatic carbocycles. The summed E-state index contributed by atoms with van der Waals surface area (Å²) in [5, 5.41) is 10.2.